The van der Waals surface area contributed by atoms with Crippen LogP contribution in [-0.2, 0) is 6.54 Å². The van der Waals surface area contributed by atoms with Gasteiger partial charge in [0, 0.05) is 11.6 Å². The summed E-state index contributed by atoms with van der Waals surface area (Å²) in [6.07, 6.45) is 1.66. The highest BCUT2D eigenvalue weighted by Crippen LogP contribution is 2.22. The largest absolute Gasteiger partial charge is 0.341 e. The number of benzene rings is 3. The maximum atomic E-state index is 13.5. The van der Waals surface area contributed by atoms with Gasteiger partial charge in [0.1, 0.15) is 11.2 Å². The standard InChI is InChI=1S/C29H23N3O2/c33-28(31-26(22-13-6-2-7-14-22)23-15-8-3-9-16-23)25-19-24-17-10-18-30-27(24)32(29(25)34)20-21-11-4-1-5-12-21/h1-19,26H,20H2,(H,31,33). The quantitative estimate of drug-likeness (QED) is 0.402. The van der Waals surface area contributed by atoms with Gasteiger partial charge in [-0.2, -0.15) is 0 Å². The third-order valence-corrected chi connectivity index (χ3v) is 5.82. The molecule has 5 heteroatoms. The van der Waals surface area contributed by atoms with E-state index in [4.69, 9.17) is 0 Å². The fourth-order valence-electron chi connectivity index (χ4n) is 4.14. The number of hydrogen-bond donors (Lipinski definition) is 1. The van der Waals surface area contributed by atoms with Crippen molar-refractivity contribution < 1.29 is 4.79 Å². The van der Waals surface area contributed by atoms with Crippen molar-refractivity contribution in [2.24, 2.45) is 0 Å². The summed E-state index contributed by atoms with van der Waals surface area (Å²) in [6, 6.07) is 34.1. The van der Waals surface area contributed by atoms with Gasteiger partial charge in [-0.3, -0.25) is 14.2 Å². The molecule has 1 amide bonds. The molecule has 2 aromatic heterocycles. The van der Waals surface area contributed by atoms with Crippen molar-refractivity contribution in [1.29, 1.82) is 0 Å². The maximum absolute atomic E-state index is 13.5. The zero-order valence-electron chi connectivity index (χ0n) is 18.5. The van der Waals surface area contributed by atoms with Crippen molar-refractivity contribution in [3.05, 3.63) is 148 Å². The van der Waals surface area contributed by atoms with Crippen LogP contribution >= 0.6 is 0 Å². The van der Waals surface area contributed by atoms with Crippen LogP contribution in [0.15, 0.2) is 120 Å². The Labute approximate surface area is 197 Å². The van der Waals surface area contributed by atoms with Gasteiger partial charge in [-0.25, -0.2) is 4.98 Å². The lowest BCUT2D eigenvalue weighted by atomic mass is 9.98. The number of amides is 1. The third-order valence-electron chi connectivity index (χ3n) is 5.82. The van der Waals surface area contributed by atoms with Crippen LogP contribution in [-0.4, -0.2) is 15.5 Å². The molecule has 0 saturated heterocycles. The van der Waals surface area contributed by atoms with Crippen LogP contribution < -0.4 is 10.9 Å². The van der Waals surface area contributed by atoms with E-state index in [9.17, 15) is 9.59 Å². The number of hydrogen-bond acceptors (Lipinski definition) is 3. The van der Waals surface area contributed by atoms with Gasteiger partial charge in [-0.05, 0) is 34.9 Å². The molecule has 166 valence electrons. The summed E-state index contributed by atoms with van der Waals surface area (Å²) >= 11 is 0. The Hall–Kier alpha value is -4.51. The Kier molecular flexibility index (Phi) is 5.99. The molecule has 0 radical (unpaired) electrons. The molecule has 0 atom stereocenters. The molecule has 0 bridgehead atoms. The van der Waals surface area contributed by atoms with E-state index in [1.54, 1.807) is 22.9 Å². The van der Waals surface area contributed by atoms with Crippen molar-refractivity contribution in [3.63, 3.8) is 0 Å². The fraction of sp³-hybridized carbons (Fsp3) is 0.0690. The zero-order chi connectivity index (χ0) is 23.3. The second-order valence-corrected chi connectivity index (χ2v) is 8.08. The monoisotopic (exact) mass is 445 g/mol. The number of carbonyl (C=O) groups is 1. The van der Waals surface area contributed by atoms with Crippen molar-refractivity contribution >= 4 is 16.9 Å². The number of aromatic nitrogens is 2. The van der Waals surface area contributed by atoms with Crippen LogP contribution in [0.25, 0.3) is 11.0 Å². The predicted octanol–water partition coefficient (Wildman–Crippen LogP) is 4.96. The average Bonchev–Trinajstić information content (AvgIpc) is 2.90. The third kappa shape index (κ3) is 4.36. The molecule has 5 rings (SSSR count). The second kappa shape index (κ2) is 9.55. The first kappa shape index (κ1) is 21.3. The Balaban J connectivity index is 1.57. The molecule has 0 saturated carbocycles. The summed E-state index contributed by atoms with van der Waals surface area (Å²) in [5, 5.41) is 3.83. The van der Waals surface area contributed by atoms with Gasteiger partial charge < -0.3 is 5.32 Å². The van der Waals surface area contributed by atoms with Crippen molar-refractivity contribution in [3.8, 4) is 0 Å². The molecule has 1 N–H and O–H groups in total. The zero-order valence-corrected chi connectivity index (χ0v) is 18.5. The number of nitrogens with zero attached hydrogens (tertiary/aromatic N) is 2. The summed E-state index contributed by atoms with van der Waals surface area (Å²) in [6.45, 7) is 0.328. The molecule has 0 spiro atoms. The van der Waals surface area contributed by atoms with Gasteiger partial charge in [0.15, 0.2) is 0 Å². The van der Waals surface area contributed by atoms with E-state index in [0.29, 0.717) is 12.2 Å². The number of nitrogens with one attached hydrogen (secondary N) is 1. The number of carbonyl (C=O) groups excluding carboxylic acids is 1. The molecule has 0 unspecified atom stereocenters. The molecule has 2 heterocycles. The van der Waals surface area contributed by atoms with Gasteiger partial charge in [-0.1, -0.05) is 91.0 Å². The van der Waals surface area contributed by atoms with Gasteiger partial charge >= 0.3 is 0 Å². The highest BCUT2D eigenvalue weighted by atomic mass is 16.2. The number of pyridine rings is 2. The van der Waals surface area contributed by atoms with Gasteiger partial charge in [0.2, 0.25) is 0 Å². The Morgan fingerprint density at radius 2 is 1.38 bits per heavy atom. The summed E-state index contributed by atoms with van der Waals surface area (Å²) in [5.41, 5.74) is 3.11. The van der Waals surface area contributed by atoms with E-state index in [1.165, 1.54) is 0 Å². The van der Waals surface area contributed by atoms with E-state index in [0.717, 1.165) is 22.1 Å². The molecule has 0 fully saturated rings. The van der Waals surface area contributed by atoms with E-state index < -0.39 is 5.91 Å². The van der Waals surface area contributed by atoms with Crippen LogP contribution in [0.4, 0.5) is 0 Å². The molecule has 5 aromatic rings. The molecule has 5 nitrogen and oxygen atoms in total. The lowest BCUT2D eigenvalue weighted by molar-refractivity contribution is 0.0941. The minimum atomic E-state index is -0.421. The summed E-state index contributed by atoms with van der Waals surface area (Å²) in [5.74, 6) is -0.421. The van der Waals surface area contributed by atoms with E-state index >= 15 is 0 Å². The molecule has 34 heavy (non-hydrogen) atoms. The Bertz CT molecular complexity index is 1440. The molecular formula is C29H23N3O2. The van der Waals surface area contributed by atoms with Gasteiger partial charge in [0.25, 0.3) is 11.5 Å². The normalized spacial score (nSPS) is 11.0. The molecular weight excluding hydrogens is 422 g/mol. The van der Waals surface area contributed by atoms with Crippen LogP contribution in [0.3, 0.4) is 0 Å². The first-order chi connectivity index (χ1) is 16.7. The SMILES string of the molecule is O=C(NC(c1ccccc1)c1ccccc1)c1cc2cccnc2n(Cc2ccccc2)c1=O. The molecule has 0 aliphatic heterocycles. The predicted molar refractivity (Wildman–Crippen MR) is 134 cm³/mol. The molecule has 0 aliphatic rings. The minimum absolute atomic E-state index is 0.0910. The van der Waals surface area contributed by atoms with Crippen molar-refractivity contribution in [2.75, 3.05) is 0 Å². The van der Waals surface area contributed by atoms with Gasteiger partial charge in [0.05, 0.1) is 12.6 Å². The van der Waals surface area contributed by atoms with Crippen LogP contribution in [0.1, 0.15) is 33.1 Å². The highest BCUT2D eigenvalue weighted by Gasteiger charge is 2.21. The number of fused-ring (bicyclic) bond motifs is 1. The van der Waals surface area contributed by atoms with E-state index in [-0.39, 0.29) is 17.2 Å². The van der Waals surface area contributed by atoms with Crippen LogP contribution in [0.2, 0.25) is 0 Å². The lowest BCUT2D eigenvalue weighted by Gasteiger charge is -2.20. The minimum Gasteiger partial charge on any atom is -0.341 e. The average molecular weight is 446 g/mol. The fourth-order valence-corrected chi connectivity index (χ4v) is 4.14. The smallest absolute Gasteiger partial charge is 0.265 e. The lowest BCUT2D eigenvalue weighted by Crippen LogP contribution is -2.36. The van der Waals surface area contributed by atoms with E-state index in [1.807, 2.05) is 97.1 Å². The topological polar surface area (TPSA) is 64.0 Å². The van der Waals surface area contributed by atoms with Gasteiger partial charge in [-0.15, -0.1) is 0 Å². The highest BCUT2D eigenvalue weighted by molar-refractivity contribution is 5.97. The van der Waals surface area contributed by atoms with Crippen LogP contribution in [0, 0.1) is 0 Å². The summed E-state index contributed by atoms with van der Waals surface area (Å²) in [4.78, 5) is 31.5. The second-order valence-electron chi connectivity index (χ2n) is 8.08. The Morgan fingerprint density at radius 3 is 2.00 bits per heavy atom. The summed E-state index contributed by atoms with van der Waals surface area (Å²) in [7, 11) is 0. The first-order valence-corrected chi connectivity index (χ1v) is 11.1. The van der Waals surface area contributed by atoms with Crippen LogP contribution in [0.5, 0.6) is 0 Å². The first-order valence-electron chi connectivity index (χ1n) is 11.1. The maximum Gasteiger partial charge on any atom is 0.265 e. The molecule has 0 aliphatic carbocycles. The van der Waals surface area contributed by atoms with E-state index in [2.05, 4.69) is 10.3 Å². The number of rotatable bonds is 6. The Morgan fingerprint density at radius 1 is 0.794 bits per heavy atom. The molecule has 3 aromatic carbocycles. The summed E-state index contributed by atoms with van der Waals surface area (Å²) < 4.78 is 1.57. The van der Waals surface area contributed by atoms with Crippen molar-refractivity contribution in [2.45, 2.75) is 12.6 Å². The van der Waals surface area contributed by atoms with Crippen molar-refractivity contribution in [1.82, 2.24) is 14.9 Å².